The molecule has 1 aliphatic heterocycles. The summed E-state index contributed by atoms with van der Waals surface area (Å²) in [6.07, 6.45) is 7.69. The van der Waals surface area contributed by atoms with Gasteiger partial charge in [-0.1, -0.05) is 6.92 Å². The minimum absolute atomic E-state index is 0.237. The number of aryl methyl sites for hydroxylation is 1. The molecule has 0 spiro atoms. The zero-order valence-electron chi connectivity index (χ0n) is 13.9. The van der Waals surface area contributed by atoms with E-state index in [1.165, 1.54) is 22.6 Å². The molecule has 23 heavy (non-hydrogen) atoms. The number of aromatic nitrogens is 1. The first-order valence-electron chi connectivity index (χ1n) is 8.66. The van der Waals surface area contributed by atoms with Crippen LogP contribution < -0.4 is 0 Å². The van der Waals surface area contributed by atoms with E-state index in [4.69, 9.17) is 0 Å². The predicted octanol–water partition coefficient (Wildman–Crippen LogP) is 4.19. The number of hydrogen-bond acceptors (Lipinski definition) is 2. The Morgan fingerprint density at radius 1 is 1.35 bits per heavy atom. The zero-order chi connectivity index (χ0) is 16.0. The second kappa shape index (κ2) is 5.82. The third kappa shape index (κ3) is 2.53. The molecule has 2 aromatic rings. The molecule has 0 radical (unpaired) electrons. The van der Waals surface area contributed by atoms with Crippen LogP contribution in [0.15, 0.2) is 23.7 Å². The van der Waals surface area contributed by atoms with Gasteiger partial charge < -0.3 is 9.47 Å². The summed E-state index contributed by atoms with van der Waals surface area (Å²) >= 11 is 1.79. The van der Waals surface area contributed by atoms with Crippen molar-refractivity contribution in [1.29, 1.82) is 0 Å². The third-order valence-electron chi connectivity index (χ3n) is 5.47. The fourth-order valence-corrected chi connectivity index (χ4v) is 5.39. The molecule has 0 saturated carbocycles. The Balaban J connectivity index is 1.63. The van der Waals surface area contributed by atoms with Gasteiger partial charge >= 0.3 is 0 Å². The largest absolute Gasteiger partial charge is 0.353 e. The fraction of sp³-hybridized carbons (Fsp3) is 0.526. The standard InChI is InChI=1S/C19H24N2OS/c1-13-7-8-14-15(12-23-18(14)11-13)19(22)21-10-4-6-17(21)16-5-3-9-20(16)2/h3,5,9,12-13,17H,4,6-8,10-11H2,1-2H3. The van der Waals surface area contributed by atoms with Crippen LogP contribution >= 0.6 is 11.3 Å². The van der Waals surface area contributed by atoms with Gasteiger partial charge in [-0.2, -0.15) is 0 Å². The third-order valence-corrected chi connectivity index (χ3v) is 6.52. The lowest BCUT2D eigenvalue weighted by Gasteiger charge is -2.26. The van der Waals surface area contributed by atoms with Gasteiger partial charge in [0.05, 0.1) is 11.6 Å². The summed E-state index contributed by atoms with van der Waals surface area (Å²) in [7, 11) is 2.07. The molecule has 2 aromatic heterocycles. The van der Waals surface area contributed by atoms with Crippen molar-refractivity contribution >= 4 is 17.2 Å². The molecular weight excluding hydrogens is 304 g/mol. The number of hydrogen-bond donors (Lipinski definition) is 0. The van der Waals surface area contributed by atoms with Crippen molar-refractivity contribution < 1.29 is 4.79 Å². The van der Waals surface area contributed by atoms with Crippen molar-refractivity contribution in [2.24, 2.45) is 13.0 Å². The van der Waals surface area contributed by atoms with Gasteiger partial charge in [0.2, 0.25) is 0 Å². The Kier molecular flexibility index (Phi) is 3.80. The van der Waals surface area contributed by atoms with Crippen LogP contribution in [0.1, 0.15) is 58.7 Å². The van der Waals surface area contributed by atoms with Crippen LogP contribution in [0, 0.1) is 5.92 Å². The van der Waals surface area contributed by atoms with Crippen LogP contribution in [0.3, 0.4) is 0 Å². The second-order valence-electron chi connectivity index (χ2n) is 7.10. The minimum atomic E-state index is 0.237. The molecule has 1 fully saturated rings. The van der Waals surface area contributed by atoms with Crippen LogP contribution in [0.5, 0.6) is 0 Å². The number of fused-ring (bicyclic) bond motifs is 1. The van der Waals surface area contributed by atoms with E-state index in [0.29, 0.717) is 0 Å². The van der Waals surface area contributed by atoms with Gasteiger partial charge in [0.25, 0.3) is 5.91 Å². The predicted molar refractivity (Wildman–Crippen MR) is 93.9 cm³/mol. The quantitative estimate of drug-likeness (QED) is 0.811. The Labute approximate surface area is 141 Å². The lowest BCUT2D eigenvalue weighted by Crippen LogP contribution is -2.32. The van der Waals surface area contributed by atoms with Gasteiger partial charge in [0.15, 0.2) is 0 Å². The molecule has 3 heterocycles. The molecule has 0 bridgehead atoms. The fourth-order valence-electron chi connectivity index (χ4n) is 4.15. The summed E-state index contributed by atoms with van der Waals surface area (Å²) in [5.74, 6) is 1.01. The van der Waals surface area contributed by atoms with E-state index in [-0.39, 0.29) is 11.9 Å². The van der Waals surface area contributed by atoms with Crippen molar-refractivity contribution in [1.82, 2.24) is 9.47 Å². The van der Waals surface area contributed by atoms with Crippen LogP contribution in [0.25, 0.3) is 0 Å². The van der Waals surface area contributed by atoms with Crippen LogP contribution in [0.2, 0.25) is 0 Å². The highest BCUT2D eigenvalue weighted by Gasteiger charge is 2.34. The van der Waals surface area contributed by atoms with Gasteiger partial charge in [0, 0.05) is 35.7 Å². The van der Waals surface area contributed by atoms with Crippen LogP contribution in [-0.4, -0.2) is 21.9 Å². The van der Waals surface area contributed by atoms with Crippen molar-refractivity contribution in [2.75, 3.05) is 6.54 Å². The number of thiophene rings is 1. The molecular formula is C19H24N2OS. The maximum atomic E-state index is 13.2. The molecule has 4 rings (SSSR count). The highest BCUT2D eigenvalue weighted by molar-refractivity contribution is 7.10. The van der Waals surface area contributed by atoms with Crippen LogP contribution in [0.4, 0.5) is 0 Å². The number of carbonyl (C=O) groups excluding carboxylic acids is 1. The van der Waals surface area contributed by atoms with Crippen molar-refractivity contribution in [3.8, 4) is 0 Å². The summed E-state index contributed by atoms with van der Waals surface area (Å²) < 4.78 is 2.15. The van der Waals surface area contributed by atoms with Crippen LogP contribution in [-0.2, 0) is 19.9 Å². The molecule has 2 unspecified atom stereocenters. The molecule has 122 valence electrons. The van der Waals surface area contributed by atoms with Crippen molar-refractivity contribution in [3.05, 3.63) is 45.4 Å². The Morgan fingerprint density at radius 3 is 3.00 bits per heavy atom. The van der Waals surface area contributed by atoms with Gasteiger partial charge in [-0.15, -0.1) is 11.3 Å². The first-order chi connectivity index (χ1) is 11.1. The van der Waals surface area contributed by atoms with E-state index in [2.05, 4.69) is 47.1 Å². The Bertz CT molecular complexity index is 730. The second-order valence-corrected chi connectivity index (χ2v) is 8.06. The number of carbonyl (C=O) groups is 1. The van der Waals surface area contributed by atoms with E-state index in [1.54, 1.807) is 11.3 Å². The normalized spacial score (nSPS) is 24.0. The van der Waals surface area contributed by atoms with E-state index in [1.807, 2.05) is 0 Å². The summed E-state index contributed by atoms with van der Waals surface area (Å²) in [6, 6.07) is 4.46. The molecule has 4 heteroatoms. The summed E-state index contributed by atoms with van der Waals surface area (Å²) in [4.78, 5) is 16.8. The highest BCUT2D eigenvalue weighted by atomic mass is 32.1. The molecule has 1 saturated heterocycles. The summed E-state index contributed by atoms with van der Waals surface area (Å²) in [5.41, 5.74) is 3.59. The average Bonchev–Trinajstić information content (AvgIpc) is 3.24. The lowest BCUT2D eigenvalue weighted by atomic mass is 9.88. The molecule has 2 aliphatic rings. The molecule has 2 atom stereocenters. The van der Waals surface area contributed by atoms with Gasteiger partial charge in [-0.05, 0) is 55.7 Å². The minimum Gasteiger partial charge on any atom is -0.353 e. The zero-order valence-corrected chi connectivity index (χ0v) is 14.7. The van der Waals surface area contributed by atoms with E-state index in [9.17, 15) is 4.79 Å². The highest BCUT2D eigenvalue weighted by Crippen LogP contribution is 2.37. The molecule has 1 aliphatic carbocycles. The lowest BCUT2D eigenvalue weighted by molar-refractivity contribution is 0.0730. The van der Waals surface area contributed by atoms with Gasteiger partial charge in [0.1, 0.15) is 0 Å². The molecule has 0 aromatic carbocycles. The van der Waals surface area contributed by atoms with E-state index >= 15 is 0 Å². The first-order valence-corrected chi connectivity index (χ1v) is 9.54. The van der Waals surface area contributed by atoms with Crippen molar-refractivity contribution in [2.45, 2.75) is 45.1 Å². The number of rotatable bonds is 2. The molecule has 3 nitrogen and oxygen atoms in total. The topological polar surface area (TPSA) is 25.2 Å². The number of likely N-dealkylation sites (tertiary alicyclic amines) is 1. The average molecular weight is 328 g/mol. The maximum Gasteiger partial charge on any atom is 0.255 e. The SMILES string of the molecule is CC1CCc2c(C(=O)N3CCCC3c3cccn3C)csc2C1. The Morgan fingerprint density at radius 2 is 2.22 bits per heavy atom. The number of nitrogens with zero attached hydrogens (tertiary/aromatic N) is 2. The van der Waals surface area contributed by atoms with Crippen molar-refractivity contribution in [3.63, 3.8) is 0 Å². The first kappa shape index (κ1) is 15.0. The molecule has 0 N–H and O–H groups in total. The van der Waals surface area contributed by atoms with E-state index in [0.717, 1.165) is 43.7 Å². The van der Waals surface area contributed by atoms with E-state index < -0.39 is 0 Å². The number of amides is 1. The van der Waals surface area contributed by atoms with Gasteiger partial charge in [-0.25, -0.2) is 0 Å². The monoisotopic (exact) mass is 328 g/mol. The summed E-state index contributed by atoms with van der Waals surface area (Å²) in [6.45, 7) is 3.20. The molecule has 1 amide bonds. The summed E-state index contributed by atoms with van der Waals surface area (Å²) in [5, 5.41) is 2.12. The Hall–Kier alpha value is -1.55. The maximum absolute atomic E-state index is 13.2. The van der Waals surface area contributed by atoms with Gasteiger partial charge in [-0.3, -0.25) is 4.79 Å². The smallest absolute Gasteiger partial charge is 0.255 e.